The third-order valence-electron chi connectivity index (χ3n) is 3.04. The van der Waals surface area contributed by atoms with Gasteiger partial charge >= 0.3 is 11.9 Å². The minimum atomic E-state index is -0.723. The first kappa shape index (κ1) is 17.7. The van der Waals surface area contributed by atoms with Crippen molar-refractivity contribution in [2.45, 2.75) is 26.3 Å². The molecule has 0 spiro atoms. The number of ether oxygens (including phenoxy) is 2. The molecule has 0 aliphatic rings. The van der Waals surface area contributed by atoms with E-state index in [-0.39, 0.29) is 17.0 Å². The zero-order chi connectivity index (χ0) is 16.7. The Labute approximate surface area is 129 Å². The van der Waals surface area contributed by atoms with Crippen LogP contribution in [0.5, 0.6) is 0 Å². The van der Waals surface area contributed by atoms with Gasteiger partial charge in [-0.3, -0.25) is 4.79 Å². The molecule has 120 valence electrons. The van der Waals surface area contributed by atoms with E-state index >= 15 is 0 Å². The fourth-order valence-corrected chi connectivity index (χ4v) is 1.97. The summed E-state index contributed by atoms with van der Waals surface area (Å²) in [4.78, 5) is 35.5. The van der Waals surface area contributed by atoms with Crippen LogP contribution in [0.3, 0.4) is 0 Å². The Morgan fingerprint density at radius 1 is 1.09 bits per heavy atom. The van der Waals surface area contributed by atoms with Crippen molar-refractivity contribution < 1.29 is 23.9 Å². The third kappa shape index (κ3) is 4.87. The Hall–Kier alpha value is -2.37. The second-order valence-corrected chi connectivity index (χ2v) is 5.25. The summed E-state index contributed by atoms with van der Waals surface area (Å²) in [6, 6.07) is 5.39. The summed E-state index contributed by atoms with van der Waals surface area (Å²) in [5.74, 6) is -1.25. The minimum Gasteiger partial charge on any atom is -0.467 e. The highest BCUT2D eigenvalue weighted by Gasteiger charge is 2.23. The number of nitrogens with one attached hydrogen (secondary N) is 1. The second kappa shape index (κ2) is 8.17. The molecule has 0 aromatic heterocycles. The SMILES string of the molecule is COC(=O)c1cccc(C(=O)N[C@H](CC(C)C)C(=O)OC)c1. The van der Waals surface area contributed by atoms with Crippen molar-refractivity contribution in [3.05, 3.63) is 35.4 Å². The fraction of sp³-hybridized carbons (Fsp3) is 0.438. The maximum atomic E-state index is 12.2. The van der Waals surface area contributed by atoms with Crippen molar-refractivity contribution in [2.75, 3.05) is 14.2 Å². The number of hydrogen-bond donors (Lipinski definition) is 1. The van der Waals surface area contributed by atoms with Crippen LogP contribution in [0.1, 0.15) is 41.0 Å². The topological polar surface area (TPSA) is 81.7 Å². The Morgan fingerprint density at radius 2 is 1.73 bits per heavy atom. The summed E-state index contributed by atoms with van der Waals surface area (Å²) in [5, 5.41) is 2.63. The van der Waals surface area contributed by atoms with Crippen molar-refractivity contribution in [3.8, 4) is 0 Å². The molecular formula is C16H21NO5. The lowest BCUT2D eigenvalue weighted by atomic mass is 10.0. The molecule has 6 nitrogen and oxygen atoms in total. The molecule has 0 radical (unpaired) electrons. The van der Waals surface area contributed by atoms with Gasteiger partial charge in [0.25, 0.3) is 5.91 Å². The number of esters is 2. The van der Waals surface area contributed by atoms with E-state index in [0.29, 0.717) is 6.42 Å². The van der Waals surface area contributed by atoms with E-state index in [0.717, 1.165) is 0 Å². The first-order valence-corrected chi connectivity index (χ1v) is 6.96. The number of rotatable bonds is 6. The average Bonchev–Trinajstić information content (AvgIpc) is 2.52. The third-order valence-corrected chi connectivity index (χ3v) is 3.04. The van der Waals surface area contributed by atoms with E-state index in [1.54, 1.807) is 18.2 Å². The molecule has 1 atom stereocenters. The fourth-order valence-electron chi connectivity index (χ4n) is 1.97. The standard InChI is InChI=1S/C16H21NO5/c1-10(2)8-13(16(20)22-4)17-14(18)11-6-5-7-12(9-11)15(19)21-3/h5-7,9-10,13H,8H2,1-4H3,(H,17,18)/t13-/m1/s1. The number of amides is 1. The minimum absolute atomic E-state index is 0.214. The largest absolute Gasteiger partial charge is 0.467 e. The van der Waals surface area contributed by atoms with Crippen LogP contribution in [0, 0.1) is 5.92 Å². The Kier molecular flexibility index (Phi) is 6.56. The van der Waals surface area contributed by atoms with Crippen molar-refractivity contribution in [3.63, 3.8) is 0 Å². The predicted molar refractivity (Wildman–Crippen MR) is 80.5 cm³/mol. The highest BCUT2D eigenvalue weighted by atomic mass is 16.5. The predicted octanol–water partition coefficient (Wildman–Crippen LogP) is 1.79. The van der Waals surface area contributed by atoms with Crippen molar-refractivity contribution in [1.82, 2.24) is 5.32 Å². The molecule has 0 bridgehead atoms. The molecule has 0 saturated carbocycles. The first-order valence-electron chi connectivity index (χ1n) is 6.96. The van der Waals surface area contributed by atoms with Gasteiger partial charge in [-0.05, 0) is 30.5 Å². The summed E-state index contributed by atoms with van der Waals surface area (Å²) in [6.45, 7) is 3.89. The lowest BCUT2D eigenvalue weighted by Gasteiger charge is -2.18. The maximum absolute atomic E-state index is 12.2. The van der Waals surface area contributed by atoms with Crippen LogP contribution in [-0.4, -0.2) is 38.1 Å². The van der Waals surface area contributed by atoms with Gasteiger partial charge in [0.05, 0.1) is 19.8 Å². The van der Waals surface area contributed by atoms with Crippen LogP contribution < -0.4 is 5.32 Å². The number of hydrogen-bond acceptors (Lipinski definition) is 5. The number of methoxy groups -OCH3 is 2. The quantitative estimate of drug-likeness (QED) is 0.810. The second-order valence-electron chi connectivity index (χ2n) is 5.25. The summed E-state index contributed by atoms with van der Waals surface area (Å²) >= 11 is 0. The molecular weight excluding hydrogens is 286 g/mol. The zero-order valence-electron chi connectivity index (χ0n) is 13.2. The average molecular weight is 307 g/mol. The first-order chi connectivity index (χ1) is 10.4. The Morgan fingerprint density at radius 3 is 2.27 bits per heavy atom. The monoisotopic (exact) mass is 307 g/mol. The van der Waals surface area contributed by atoms with Crippen molar-refractivity contribution in [1.29, 1.82) is 0 Å². The zero-order valence-corrected chi connectivity index (χ0v) is 13.2. The van der Waals surface area contributed by atoms with E-state index in [9.17, 15) is 14.4 Å². The van der Waals surface area contributed by atoms with Gasteiger partial charge in [-0.1, -0.05) is 19.9 Å². The van der Waals surface area contributed by atoms with Gasteiger partial charge in [0.2, 0.25) is 0 Å². The molecule has 0 heterocycles. The van der Waals surface area contributed by atoms with E-state index in [2.05, 4.69) is 10.1 Å². The van der Waals surface area contributed by atoms with Gasteiger partial charge < -0.3 is 14.8 Å². The number of carbonyl (C=O) groups is 3. The van der Waals surface area contributed by atoms with Gasteiger partial charge in [-0.25, -0.2) is 9.59 Å². The lowest BCUT2D eigenvalue weighted by molar-refractivity contribution is -0.143. The maximum Gasteiger partial charge on any atom is 0.337 e. The molecule has 1 aromatic rings. The summed E-state index contributed by atoms with van der Waals surface area (Å²) in [6.07, 6.45) is 0.467. The van der Waals surface area contributed by atoms with E-state index in [4.69, 9.17) is 4.74 Å². The normalized spacial score (nSPS) is 11.7. The van der Waals surface area contributed by atoms with Gasteiger partial charge in [-0.2, -0.15) is 0 Å². The number of carbonyl (C=O) groups excluding carboxylic acids is 3. The molecule has 1 N–H and O–H groups in total. The van der Waals surface area contributed by atoms with Gasteiger partial charge in [0, 0.05) is 5.56 Å². The van der Waals surface area contributed by atoms with Crippen LogP contribution in [0.15, 0.2) is 24.3 Å². The van der Waals surface area contributed by atoms with Crippen LogP contribution in [0.4, 0.5) is 0 Å². The molecule has 1 aromatic carbocycles. The van der Waals surface area contributed by atoms with Crippen LogP contribution in [0.2, 0.25) is 0 Å². The molecule has 1 rings (SSSR count). The molecule has 0 aliphatic heterocycles. The van der Waals surface area contributed by atoms with Crippen LogP contribution in [0.25, 0.3) is 0 Å². The summed E-state index contributed by atoms with van der Waals surface area (Å²) < 4.78 is 9.32. The van der Waals surface area contributed by atoms with Gasteiger partial charge in [-0.15, -0.1) is 0 Å². The van der Waals surface area contributed by atoms with Gasteiger partial charge in [0.15, 0.2) is 0 Å². The molecule has 6 heteroatoms. The molecule has 1 amide bonds. The summed E-state index contributed by atoms with van der Waals surface area (Å²) in [7, 11) is 2.55. The highest BCUT2D eigenvalue weighted by molar-refractivity contribution is 5.99. The molecule has 22 heavy (non-hydrogen) atoms. The van der Waals surface area contributed by atoms with Crippen molar-refractivity contribution >= 4 is 17.8 Å². The Bertz CT molecular complexity index is 553. The highest BCUT2D eigenvalue weighted by Crippen LogP contribution is 2.10. The van der Waals surface area contributed by atoms with Crippen LogP contribution in [-0.2, 0) is 14.3 Å². The number of benzene rings is 1. The van der Waals surface area contributed by atoms with E-state index in [1.165, 1.54) is 20.3 Å². The summed E-state index contributed by atoms with van der Waals surface area (Å²) in [5.41, 5.74) is 0.550. The molecule has 0 saturated heterocycles. The van der Waals surface area contributed by atoms with E-state index in [1.807, 2.05) is 13.8 Å². The van der Waals surface area contributed by atoms with E-state index < -0.39 is 23.9 Å². The Balaban J connectivity index is 2.90. The molecule has 0 fully saturated rings. The lowest BCUT2D eigenvalue weighted by Crippen LogP contribution is -2.42. The van der Waals surface area contributed by atoms with Gasteiger partial charge in [0.1, 0.15) is 6.04 Å². The smallest absolute Gasteiger partial charge is 0.337 e. The molecule has 0 aliphatic carbocycles. The molecule has 0 unspecified atom stereocenters. The van der Waals surface area contributed by atoms with Crippen LogP contribution >= 0.6 is 0 Å². The van der Waals surface area contributed by atoms with Crippen molar-refractivity contribution in [2.24, 2.45) is 5.92 Å².